The monoisotopic (exact) mass is 429 g/mol. The third-order valence-corrected chi connectivity index (χ3v) is 7.08. The highest BCUT2D eigenvalue weighted by Crippen LogP contribution is 2.60. The highest BCUT2D eigenvalue weighted by Gasteiger charge is 2.57. The Bertz CT molecular complexity index is 1080. The van der Waals surface area contributed by atoms with Gasteiger partial charge in [-0.1, -0.05) is 0 Å². The molecule has 1 heterocycles. The number of aryl methyl sites for hydroxylation is 2. The maximum Gasteiger partial charge on any atom is 0.417 e. The first-order valence-electron chi connectivity index (χ1n) is 10.4. The van der Waals surface area contributed by atoms with E-state index >= 15 is 0 Å². The molecule has 0 spiro atoms. The number of aliphatic hydroxyl groups is 1. The number of fused-ring (bicyclic) bond motifs is 5. The van der Waals surface area contributed by atoms with Crippen LogP contribution in [0.2, 0.25) is 0 Å². The number of Topliss-reactive ketones (excluding diaryl/α,β-unsaturated/α-hetero) is 1. The minimum absolute atomic E-state index is 0.0407. The molecule has 0 radical (unpaired) electrons. The van der Waals surface area contributed by atoms with E-state index in [1.54, 1.807) is 12.1 Å². The molecule has 1 N–H and O–H groups in total. The summed E-state index contributed by atoms with van der Waals surface area (Å²) >= 11 is 0. The predicted molar refractivity (Wildman–Crippen MR) is 108 cm³/mol. The molecule has 0 saturated heterocycles. The Morgan fingerprint density at radius 3 is 2.26 bits per heavy atom. The zero-order valence-corrected chi connectivity index (χ0v) is 17.2. The molecule has 1 unspecified atom stereocenters. The van der Waals surface area contributed by atoms with Crippen molar-refractivity contribution < 1.29 is 27.8 Å². The lowest BCUT2D eigenvalue weighted by Gasteiger charge is -2.23. The van der Waals surface area contributed by atoms with Crippen molar-refractivity contribution in [1.29, 1.82) is 0 Å². The smallest absolute Gasteiger partial charge is 0.417 e. The fourth-order valence-electron chi connectivity index (χ4n) is 5.88. The lowest BCUT2D eigenvalue weighted by Crippen LogP contribution is -2.24. The molecule has 31 heavy (non-hydrogen) atoms. The standard InChI is InChI=1S/C24H22F3NO3/c1-11-7-16(31-17-6-5-15(10-28-17)24(25,26)27)8-12(2)18(11)21-22(29)19-13-3-4-14(9-13)20(19)23(21)30/h5-8,10,13-14,19-20,29H,3-4,9H2,1-2H3/t13-,14+,19-,20?/m0/s1. The van der Waals surface area contributed by atoms with Gasteiger partial charge in [0, 0.05) is 24.1 Å². The number of allylic oxidation sites excluding steroid dienone is 2. The first-order chi connectivity index (χ1) is 14.6. The molecule has 3 aliphatic carbocycles. The predicted octanol–water partition coefficient (Wildman–Crippen LogP) is 6.02. The van der Waals surface area contributed by atoms with Crippen LogP contribution in [0.4, 0.5) is 13.2 Å². The number of carbonyl (C=O) groups excluding carboxylic acids is 1. The number of rotatable bonds is 3. The Morgan fingerprint density at radius 2 is 1.71 bits per heavy atom. The number of hydrogen-bond acceptors (Lipinski definition) is 4. The molecule has 0 amide bonds. The summed E-state index contributed by atoms with van der Waals surface area (Å²) in [6.45, 7) is 3.68. The van der Waals surface area contributed by atoms with Crippen molar-refractivity contribution in [3.05, 3.63) is 58.5 Å². The van der Waals surface area contributed by atoms with Gasteiger partial charge in [0.1, 0.15) is 11.5 Å². The summed E-state index contributed by atoms with van der Waals surface area (Å²) in [6, 6.07) is 5.53. The molecule has 0 aliphatic heterocycles. The fourth-order valence-corrected chi connectivity index (χ4v) is 5.88. The molecule has 4 nitrogen and oxygen atoms in total. The molecule has 2 aromatic rings. The minimum Gasteiger partial charge on any atom is -0.511 e. The summed E-state index contributed by atoms with van der Waals surface area (Å²) in [5.41, 5.74) is 1.85. The second-order valence-corrected chi connectivity index (χ2v) is 8.93. The van der Waals surface area contributed by atoms with Gasteiger partial charge in [-0.25, -0.2) is 4.98 Å². The Kier molecular flexibility index (Phi) is 4.43. The average Bonchev–Trinajstić information content (AvgIpc) is 3.37. The van der Waals surface area contributed by atoms with E-state index in [0.717, 1.165) is 48.2 Å². The number of benzene rings is 1. The van der Waals surface area contributed by atoms with Crippen LogP contribution < -0.4 is 4.74 Å². The van der Waals surface area contributed by atoms with Crippen LogP contribution in [0, 0.1) is 37.5 Å². The van der Waals surface area contributed by atoms with E-state index < -0.39 is 11.7 Å². The van der Waals surface area contributed by atoms with Crippen molar-refractivity contribution >= 4 is 11.4 Å². The molecule has 4 atom stereocenters. The molecule has 2 bridgehead atoms. The zero-order valence-electron chi connectivity index (χ0n) is 17.2. The van der Waals surface area contributed by atoms with Crippen LogP contribution in [-0.4, -0.2) is 15.9 Å². The summed E-state index contributed by atoms with van der Waals surface area (Å²) in [7, 11) is 0. The number of ketones is 1. The van der Waals surface area contributed by atoms with Crippen LogP contribution in [0.3, 0.4) is 0 Å². The van der Waals surface area contributed by atoms with E-state index in [2.05, 4.69) is 4.98 Å². The van der Waals surface area contributed by atoms with E-state index in [-0.39, 0.29) is 29.3 Å². The van der Waals surface area contributed by atoms with E-state index in [1.165, 1.54) is 6.07 Å². The number of pyridine rings is 1. The third kappa shape index (κ3) is 3.13. The quantitative estimate of drug-likeness (QED) is 0.648. The van der Waals surface area contributed by atoms with E-state index in [9.17, 15) is 23.1 Å². The lowest BCUT2D eigenvalue weighted by molar-refractivity contribution is -0.137. The van der Waals surface area contributed by atoms with Gasteiger partial charge in [-0.2, -0.15) is 13.2 Å². The molecule has 2 fully saturated rings. The molecule has 7 heteroatoms. The number of hydrogen-bond donors (Lipinski definition) is 1. The second-order valence-electron chi connectivity index (χ2n) is 8.93. The molecule has 1 aromatic carbocycles. The van der Waals surface area contributed by atoms with Crippen LogP contribution >= 0.6 is 0 Å². The topological polar surface area (TPSA) is 59.4 Å². The Balaban J connectivity index is 1.45. The van der Waals surface area contributed by atoms with Crippen molar-refractivity contribution in [2.45, 2.75) is 39.3 Å². The normalized spacial score (nSPS) is 27.2. The van der Waals surface area contributed by atoms with Gasteiger partial charge in [-0.15, -0.1) is 0 Å². The summed E-state index contributed by atoms with van der Waals surface area (Å²) in [5, 5.41) is 11.0. The first kappa shape index (κ1) is 20.1. The number of alkyl halides is 3. The van der Waals surface area contributed by atoms with Gasteiger partial charge in [0.25, 0.3) is 0 Å². The van der Waals surface area contributed by atoms with Gasteiger partial charge in [-0.3, -0.25) is 4.79 Å². The van der Waals surface area contributed by atoms with Crippen molar-refractivity contribution in [3.8, 4) is 11.6 Å². The number of aliphatic hydroxyl groups excluding tert-OH is 1. The fraction of sp³-hybridized carbons (Fsp3) is 0.417. The van der Waals surface area contributed by atoms with Crippen LogP contribution in [0.15, 0.2) is 36.2 Å². The Morgan fingerprint density at radius 1 is 1.06 bits per heavy atom. The number of nitrogens with zero attached hydrogens (tertiary/aromatic N) is 1. The highest BCUT2D eigenvalue weighted by molar-refractivity contribution is 6.25. The second kappa shape index (κ2) is 6.84. The van der Waals surface area contributed by atoms with Crippen molar-refractivity contribution in [3.63, 3.8) is 0 Å². The summed E-state index contributed by atoms with van der Waals surface area (Å²) in [6.07, 6.45) is -0.564. The summed E-state index contributed by atoms with van der Waals surface area (Å²) in [5.74, 6) is 1.35. The van der Waals surface area contributed by atoms with Crippen LogP contribution in [-0.2, 0) is 11.0 Å². The van der Waals surface area contributed by atoms with Gasteiger partial charge in [0.2, 0.25) is 5.88 Å². The van der Waals surface area contributed by atoms with Crippen LogP contribution in [0.25, 0.3) is 5.57 Å². The molecular weight excluding hydrogens is 407 g/mol. The summed E-state index contributed by atoms with van der Waals surface area (Å²) in [4.78, 5) is 17.0. The van der Waals surface area contributed by atoms with Crippen LogP contribution in [0.1, 0.15) is 41.5 Å². The SMILES string of the molecule is Cc1cc(Oc2ccc(C(F)(F)F)cn2)cc(C)c1C1=C(O)[C@@H]2C(C1=O)[C@@H]1CC[C@H]2C1. The highest BCUT2D eigenvalue weighted by atomic mass is 19.4. The maximum absolute atomic E-state index is 13.2. The Hall–Kier alpha value is -2.83. The number of halogens is 3. The number of carbonyl (C=O) groups is 1. The largest absolute Gasteiger partial charge is 0.511 e. The number of ether oxygens (including phenoxy) is 1. The molecule has 1 aromatic heterocycles. The third-order valence-electron chi connectivity index (χ3n) is 7.08. The van der Waals surface area contributed by atoms with Crippen molar-refractivity contribution in [2.75, 3.05) is 0 Å². The van der Waals surface area contributed by atoms with E-state index in [1.807, 2.05) is 13.8 Å². The van der Waals surface area contributed by atoms with Gasteiger partial charge >= 0.3 is 6.18 Å². The molecule has 3 aliphatic rings. The van der Waals surface area contributed by atoms with Crippen molar-refractivity contribution in [1.82, 2.24) is 4.98 Å². The van der Waals surface area contributed by atoms with Gasteiger partial charge in [0.05, 0.1) is 11.1 Å². The van der Waals surface area contributed by atoms with E-state index in [0.29, 0.717) is 23.2 Å². The summed E-state index contributed by atoms with van der Waals surface area (Å²) < 4.78 is 43.8. The minimum atomic E-state index is -4.46. The van der Waals surface area contributed by atoms with Gasteiger partial charge in [-0.05, 0) is 79.8 Å². The van der Waals surface area contributed by atoms with Gasteiger partial charge in [0.15, 0.2) is 5.78 Å². The lowest BCUT2D eigenvalue weighted by atomic mass is 9.80. The first-order valence-corrected chi connectivity index (χ1v) is 10.4. The van der Waals surface area contributed by atoms with Gasteiger partial charge < -0.3 is 9.84 Å². The molecule has 5 rings (SSSR count). The Labute approximate surface area is 177 Å². The molecule has 162 valence electrons. The van der Waals surface area contributed by atoms with Crippen LogP contribution in [0.5, 0.6) is 11.6 Å². The van der Waals surface area contributed by atoms with Crippen molar-refractivity contribution in [2.24, 2.45) is 23.7 Å². The zero-order chi connectivity index (χ0) is 22.1. The molecular formula is C24H22F3NO3. The average molecular weight is 429 g/mol. The maximum atomic E-state index is 13.2. The number of aromatic nitrogens is 1. The van der Waals surface area contributed by atoms with E-state index in [4.69, 9.17) is 4.74 Å². The molecule has 2 saturated carbocycles.